The third-order valence-electron chi connectivity index (χ3n) is 4.45. The summed E-state index contributed by atoms with van der Waals surface area (Å²) in [6.45, 7) is 1.88. The number of carboxylic acids is 1. The van der Waals surface area contributed by atoms with E-state index in [4.69, 9.17) is 0 Å². The number of fused-ring (bicyclic) bond motifs is 2. The predicted molar refractivity (Wildman–Crippen MR) is 90.3 cm³/mol. The molecule has 2 aromatic rings. The first-order chi connectivity index (χ1) is 12.3. The molecule has 0 aliphatic heterocycles. The third-order valence-corrected chi connectivity index (χ3v) is 4.45. The van der Waals surface area contributed by atoms with Crippen molar-refractivity contribution >= 4 is 17.5 Å². The maximum absolute atomic E-state index is 13.0. The molecule has 0 atom stereocenters. The Bertz CT molecular complexity index is 973. The Labute approximate surface area is 148 Å². The minimum absolute atomic E-state index is 0.0748. The molecular formula is C19H16O7. The average molecular weight is 356 g/mol. The van der Waals surface area contributed by atoms with Crippen molar-refractivity contribution in [1.29, 1.82) is 0 Å². The van der Waals surface area contributed by atoms with Gasteiger partial charge in [0.15, 0.2) is 11.6 Å². The monoisotopic (exact) mass is 356 g/mol. The summed E-state index contributed by atoms with van der Waals surface area (Å²) in [5.74, 6) is -4.33. The molecule has 0 aromatic heterocycles. The van der Waals surface area contributed by atoms with Gasteiger partial charge in [-0.15, -0.1) is 0 Å². The summed E-state index contributed by atoms with van der Waals surface area (Å²) in [5.41, 5.74) is -1.07. The van der Waals surface area contributed by atoms with Gasteiger partial charge in [-0.3, -0.25) is 9.59 Å². The van der Waals surface area contributed by atoms with E-state index in [1.54, 1.807) is 0 Å². The average Bonchev–Trinajstić information content (AvgIpc) is 2.55. The smallest absolute Gasteiger partial charge is 0.339 e. The molecule has 0 saturated carbocycles. The van der Waals surface area contributed by atoms with Crippen molar-refractivity contribution in [3.63, 3.8) is 0 Å². The lowest BCUT2D eigenvalue weighted by Crippen LogP contribution is -2.24. The van der Waals surface area contributed by atoms with E-state index in [0.29, 0.717) is 12.8 Å². The van der Waals surface area contributed by atoms with Crippen LogP contribution in [0.25, 0.3) is 0 Å². The number of carboxylic acid groups (broad SMARTS) is 1. The van der Waals surface area contributed by atoms with Gasteiger partial charge in [0.25, 0.3) is 0 Å². The molecule has 0 unspecified atom stereocenters. The number of benzene rings is 2. The molecule has 0 radical (unpaired) electrons. The highest BCUT2D eigenvalue weighted by atomic mass is 16.4. The lowest BCUT2D eigenvalue weighted by molar-refractivity contribution is 0.0691. The fraction of sp³-hybridized carbons (Fsp3) is 0.211. The van der Waals surface area contributed by atoms with Crippen LogP contribution in [-0.4, -0.2) is 38.0 Å². The van der Waals surface area contributed by atoms with Gasteiger partial charge in [0, 0.05) is 22.8 Å². The minimum Gasteiger partial charge on any atom is -0.508 e. The van der Waals surface area contributed by atoms with E-state index < -0.39 is 34.6 Å². The van der Waals surface area contributed by atoms with Crippen LogP contribution >= 0.6 is 0 Å². The van der Waals surface area contributed by atoms with Crippen LogP contribution < -0.4 is 0 Å². The zero-order valence-corrected chi connectivity index (χ0v) is 13.9. The van der Waals surface area contributed by atoms with Crippen molar-refractivity contribution in [2.45, 2.75) is 26.2 Å². The van der Waals surface area contributed by atoms with Gasteiger partial charge < -0.3 is 20.4 Å². The molecule has 0 bridgehead atoms. The molecule has 0 saturated heterocycles. The van der Waals surface area contributed by atoms with Gasteiger partial charge in [-0.25, -0.2) is 4.79 Å². The van der Waals surface area contributed by atoms with Crippen LogP contribution in [0.5, 0.6) is 17.2 Å². The second kappa shape index (κ2) is 6.18. The van der Waals surface area contributed by atoms with Gasteiger partial charge >= 0.3 is 5.97 Å². The molecule has 0 spiro atoms. The van der Waals surface area contributed by atoms with Crippen LogP contribution in [0.2, 0.25) is 0 Å². The first-order valence-corrected chi connectivity index (χ1v) is 8.05. The Hall–Kier alpha value is -3.35. The highest BCUT2D eigenvalue weighted by Crippen LogP contribution is 2.40. The number of carbonyl (C=O) groups is 3. The number of carbonyl (C=O) groups excluding carboxylic acids is 2. The number of hydrogen-bond donors (Lipinski definition) is 4. The minimum atomic E-state index is -1.41. The van der Waals surface area contributed by atoms with Crippen LogP contribution in [0, 0.1) is 0 Å². The summed E-state index contributed by atoms with van der Waals surface area (Å²) in [7, 11) is 0. The number of phenolic OH excluding ortho intramolecular Hbond substituents is 2. The first-order valence-electron chi connectivity index (χ1n) is 8.05. The van der Waals surface area contributed by atoms with E-state index in [1.807, 2.05) is 6.92 Å². The molecule has 3 rings (SSSR count). The van der Waals surface area contributed by atoms with Crippen LogP contribution in [0.3, 0.4) is 0 Å². The van der Waals surface area contributed by atoms with Crippen LogP contribution in [0.4, 0.5) is 0 Å². The summed E-state index contributed by atoms with van der Waals surface area (Å²) in [6, 6.07) is 2.96. The molecule has 2 aromatic carbocycles. The topological polar surface area (TPSA) is 132 Å². The normalized spacial score (nSPS) is 12.7. The summed E-state index contributed by atoms with van der Waals surface area (Å²) < 4.78 is 0. The highest BCUT2D eigenvalue weighted by molar-refractivity contribution is 6.30. The Morgan fingerprint density at radius 1 is 0.923 bits per heavy atom. The van der Waals surface area contributed by atoms with Gasteiger partial charge in [-0.1, -0.05) is 13.3 Å². The number of phenols is 3. The van der Waals surface area contributed by atoms with Crippen molar-refractivity contribution < 1.29 is 34.8 Å². The van der Waals surface area contributed by atoms with E-state index >= 15 is 0 Å². The Balaban J connectivity index is 2.37. The highest BCUT2D eigenvalue weighted by Gasteiger charge is 2.37. The second-order valence-corrected chi connectivity index (χ2v) is 6.13. The zero-order chi connectivity index (χ0) is 19.2. The SMILES string of the molecule is CCCCc1c(C(=O)O)c(O)cc2c1C(=O)c1c(O)cc(O)cc1C2=O. The van der Waals surface area contributed by atoms with Gasteiger partial charge in [-0.05, 0) is 30.5 Å². The Kier molecular flexibility index (Phi) is 4.15. The van der Waals surface area contributed by atoms with E-state index in [2.05, 4.69) is 0 Å². The summed E-state index contributed by atoms with van der Waals surface area (Å²) >= 11 is 0. The van der Waals surface area contributed by atoms with Crippen LogP contribution in [0.15, 0.2) is 18.2 Å². The summed E-state index contributed by atoms with van der Waals surface area (Å²) in [4.78, 5) is 37.4. The number of aromatic carboxylic acids is 1. The van der Waals surface area contributed by atoms with Crippen molar-refractivity contribution in [2.24, 2.45) is 0 Å². The lowest BCUT2D eigenvalue weighted by Gasteiger charge is -2.23. The maximum atomic E-state index is 13.0. The molecule has 134 valence electrons. The molecule has 0 heterocycles. The summed E-state index contributed by atoms with van der Waals surface area (Å²) in [5, 5.41) is 39.2. The molecule has 7 heteroatoms. The largest absolute Gasteiger partial charge is 0.508 e. The van der Waals surface area contributed by atoms with Gasteiger partial charge in [0.05, 0.1) is 5.56 Å². The molecule has 1 aliphatic rings. The number of rotatable bonds is 4. The number of ketones is 2. The van der Waals surface area contributed by atoms with E-state index in [0.717, 1.165) is 18.2 Å². The fourth-order valence-electron chi connectivity index (χ4n) is 3.30. The molecule has 0 fully saturated rings. The molecule has 4 N–H and O–H groups in total. The van der Waals surface area contributed by atoms with Crippen molar-refractivity contribution in [3.05, 3.63) is 51.6 Å². The second-order valence-electron chi connectivity index (χ2n) is 6.13. The van der Waals surface area contributed by atoms with E-state index in [-0.39, 0.29) is 40.0 Å². The van der Waals surface area contributed by atoms with E-state index in [9.17, 15) is 34.8 Å². The predicted octanol–water partition coefficient (Wildman–Crippen LogP) is 2.62. The van der Waals surface area contributed by atoms with Crippen LogP contribution in [0.1, 0.15) is 67.5 Å². The quantitative estimate of drug-likeness (QED) is 0.565. The van der Waals surface area contributed by atoms with Gasteiger partial charge in [0.1, 0.15) is 22.8 Å². The van der Waals surface area contributed by atoms with Crippen molar-refractivity contribution in [3.8, 4) is 17.2 Å². The van der Waals surface area contributed by atoms with Gasteiger partial charge in [0.2, 0.25) is 0 Å². The van der Waals surface area contributed by atoms with Crippen LogP contribution in [-0.2, 0) is 6.42 Å². The molecule has 1 aliphatic carbocycles. The number of aromatic hydroxyl groups is 3. The fourth-order valence-corrected chi connectivity index (χ4v) is 3.30. The van der Waals surface area contributed by atoms with Crippen molar-refractivity contribution in [2.75, 3.05) is 0 Å². The third kappa shape index (κ3) is 2.48. The lowest BCUT2D eigenvalue weighted by atomic mass is 9.78. The standard InChI is InChI=1S/C19H16O7/c1-2-3-4-9-14-11(7-13(22)16(9)19(25)26)17(23)10-5-8(20)6-12(21)15(10)18(14)24/h5-7,20-22H,2-4H2,1H3,(H,25,26). The number of hydrogen-bond acceptors (Lipinski definition) is 6. The zero-order valence-electron chi connectivity index (χ0n) is 13.9. The number of unbranched alkanes of at least 4 members (excludes halogenated alkanes) is 1. The van der Waals surface area contributed by atoms with E-state index in [1.165, 1.54) is 0 Å². The molecular weight excluding hydrogens is 340 g/mol. The molecule has 26 heavy (non-hydrogen) atoms. The molecule has 7 nitrogen and oxygen atoms in total. The molecule has 0 amide bonds. The Morgan fingerprint density at radius 2 is 1.58 bits per heavy atom. The first kappa shape index (κ1) is 17.5. The summed E-state index contributed by atoms with van der Waals surface area (Å²) in [6.07, 6.45) is 1.44. The van der Waals surface area contributed by atoms with Crippen molar-refractivity contribution in [1.82, 2.24) is 0 Å². The van der Waals surface area contributed by atoms with Gasteiger partial charge in [-0.2, -0.15) is 0 Å². The Morgan fingerprint density at radius 3 is 2.19 bits per heavy atom. The maximum Gasteiger partial charge on any atom is 0.339 e.